The van der Waals surface area contributed by atoms with Crippen molar-refractivity contribution in [3.63, 3.8) is 0 Å². The van der Waals surface area contributed by atoms with Gasteiger partial charge >= 0.3 is 0 Å². The third-order valence-electron chi connectivity index (χ3n) is 7.85. The molecule has 1 N–H and O–H groups in total. The Morgan fingerprint density at radius 3 is 2.63 bits per heavy atom. The zero-order valence-electron chi connectivity index (χ0n) is 19.5. The van der Waals surface area contributed by atoms with Gasteiger partial charge in [-0.1, -0.05) is 73.0 Å². The van der Waals surface area contributed by atoms with E-state index in [4.69, 9.17) is 16.6 Å². The van der Waals surface area contributed by atoms with Crippen LogP contribution in [0.1, 0.15) is 48.3 Å². The van der Waals surface area contributed by atoms with Crippen LogP contribution in [0.25, 0.3) is 16.8 Å². The van der Waals surface area contributed by atoms with Gasteiger partial charge in [0.2, 0.25) is 5.82 Å². The van der Waals surface area contributed by atoms with Gasteiger partial charge in [0.15, 0.2) is 0 Å². The maximum atomic E-state index is 14.1. The topological polar surface area (TPSA) is 57.8 Å². The maximum absolute atomic E-state index is 14.1. The summed E-state index contributed by atoms with van der Waals surface area (Å²) in [6.45, 7) is 0.500. The van der Waals surface area contributed by atoms with Crippen LogP contribution >= 0.6 is 11.6 Å². The molecule has 4 aromatic rings. The van der Waals surface area contributed by atoms with Crippen LogP contribution in [0.15, 0.2) is 79.0 Å². The molecule has 1 saturated carbocycles. The van der Waals surface area contributed by atoms with E-state index in [1.807, 2.05) is 88.3 Å². The largest absolute Gasteiger partial charge is 0.385 e. The molecule has 1 aliphatic carbocycles. The highest BCUT2D eigenvalue weighted by atomic mass is 35.5. The van der Waals surface area contributed by atoms with Crippen molar-refractivity contribution < 1.29 is 9.90 Å². The number of hydrogen-bond donors (Lipinski definition) is 1. The third kappa shape index (κ3) is 3.74. The molecule has 178 valence electrons. The second-order valence-corrected chi connectivity index (χ2v) is 10.2. The predicted octanol–water partition coefficient (Wildman–Crippen LogP) is 5.95. The fourth-order valence-corrected chi connectivity index (χ4v) is 6.38. The highest BCUT2D eigenvalue weighted by Gasteiger charge is 2.50. The summed E-state index contributed by atoms with van der Waals surface area (Å²) >= 11 is 6.26. The molecule has 1 aliphatic heterocycles. The van der Waals surface area contributed by atoms with Gasteiger partial charge in [-0.3, -0.25) is 9.20 Å². The third-order valence-corrected chi connectivity index (χ3v) is 8.08. The number of aromatic nitrogens is 2. The second kappa shape index (κ2) is 8.81. The minimum absolute atomic E-state index is 0.00924. The van der Waals surface area contributed by atoms with Crippen molar-refractivity contribution in [2.75, 3.05) is 6.54 Å². The number of aliphatic hydroxyl groups is 1. The van der Waals surface area contributed by atoms with Crippen molar-refractivity contribution in [1.29, 1.82) is 0 Å². The summed E-state index contributed by atoms with van der Waals surface area (Å²) in [6, 6.07) is 23.4. The lowest BCUT2D eigenvalue weighted by Crippen LogP contribution is -2.59. The van der Waals surface area contributed by atoms with Gasteiger partial charge in [0, 0.05) is 35.3 Å². The molecular formula is C29H28ClN3O2. The van der Waals surface area contributed by atoms with Gasteiger partial charge in [-0.25, -0.2) is 4.98 Å². The number of halogens is 1. The second-order valence-electron chi connectivity index (χ2n) is 9.75. The monoisotopic (exact) mass is 485 g/mol. The van der Waals surface area contributed by atoms with Gasteiger partial charge < -0.3 is 10.0 Å². The fourth-order valence-electron chi connectivity index (χ4n) is 6.19. The highest BCUT2D eigenvalue weighted by molar-refractivity contribution is 6.30. The Labute approximate surface area is 210 Å². The number of pyridine rings is 1. The molecule has 2 aliphatic rings. The van der Waals surface area contributed by atoms with E-state index in [2.05, 4.69) is 0 Å². The Bertz CT molecular complexity index is 1390. The number of imidazole rings is 1. The minimum Gasteiger partial charge on any atom is -0.385 e. The first-order chi connectivity index (χ1) is 17.1. The molecule has 2 aromatic carbocycles. The van der Waals surface area contributed by atoms with Crippen LogP contribution in [-0.2, 0) is 5.60 Å². The van der Waals surface area contributed by atoms with Crippen LogP contribution in [0.2, 0.25) is 5.02 Å². The molecule has 2 aromatic heterocycles. The summed E-state index contributed by atoms with van der Waals surface area (Å²) in [4.78, 5) is 20.9. The van der Waals surface area contributed by atoms with E-state index in [1.165, 1.54) is 0 Å². The average molecular weight is 486 g/mol. The Morgan fingerprint density at radius 1 is 1.00 bits per heavy atom. The van der Waals surface area contributed by atoms with Gasteiger partial charge in [0.05, 0.1) is 16.8 Å². The maximum Gasteiger partial charge on any atom is 0.290 e. The van der Waals surface area contributed by atoms with Crippen LogP contribution in [0.5, 0.6) is 0 Å². The Balaban J connectivity index is 1.39. The lowest BCUT2D eigenvalue weighted by molar-refractivity contribution is -0.110. The number of amides is 1. The average Bonchev–Trinajstić information content (AvgIpc) is 3.29. The molecule has 1 saturated heterocycles. The molecule has 1 unspecified atom stereocenters. The minimum atomic E-state index is -0.913. The number of carbonyl (C=O) groups is 1. The van der Waals surface area contributed by atoms with Crippen molar-refractivity contribution in [3.05, 3.63) is 95.4 Å². The van der Waals surface area contributed by atoms with Gasteiger partial charge in [0.25, 0.3) is 5.91 Å². The number of nitrogens with zero attached hydrogens (tertiary/aromatic N) is 3. The van der Waals surface area contributed by atoms with Crippen molar-refractivity contribution in [2.45, 2.75) is 43.7 Å². The van der Waals surface area contributed by atoms with E-state index in [-0.39, 0.29) is 17.9 Å². The number of carbonyl (C=O) groups excluding carboxylic acids is 1. The summed E-state index contributed by atoms with van der Waals surface area (Å²) in [5.74, 6) is 0.339. The van der Waals surface area contributed by atoms with Crippen molar-refractivity contribution in [3.8, 4) is 11.3 Å². The highest BCUT2D eigenvalue weighted by Crippen LogP contribution is 2.47. The smallest absolute Gasteiger partial charge is 0.290 e. The normalized spacial score (nSPS) is 24.3. The Kier molecular flexibility index (Phi) is 5.62. The van der Waals surface area contributed by atoms with E-state index in [0.29, 0.717) is 23.8 Å². The van der Waals surface area contributed by atoms with Crippen LogP contribution in [-0.4, -0.2) is 37.9 Å². The van der Waals surface area contributed by atoms with E-state index in [9.17, 15) is 9.90 Å². The molecule has 35 heavy (non-hydrogen) atoms. The molecule has 3 atom stereocenters. The summed E-state index contributed by atoms with van der Waals surface area (Å²) in [5, 5.41) is 12.5. The predicted molar refractivity (Wildman–Crippen MR) is 137 cm³/mol. The van der Waals surface area contributed by atoms with E-state index < -0.39 is 5.60 Å². The number of benzene rings is 2. The lowest BCUT2D eigenvalue weighted by Gasteiger charge is -2.52. The summed E-state index contributed by atoms with van der Waals surface area (Å²) in [6.07, 6.45) is 6.36. The van der Waals surface area contributed by atoms with Gasteiger partial charge in [-0.05, 0) is 49.1 Å². The zero-order valence-corrected chi connectivity index (χ0v) is 20.2. The van der Waals surface area contributed by atoms with E-state index in [0.717, 1.165) is 48.0 Å². The van der Waals surface area contributed by atoms with Gasteiger partial charge in [-0.2, -0.15) is 0 Å². The SMILES string of the molecule is O=C(c1nc(-c2cccc(Cl)c2)c2ccccn12)N1CC[C@@](O)(c2ccccc2)[C@@H]2CCCCC21. The number of rotatable bonds is 3. The van der Waals surface area contributed by atoms with Gasteiger partial charge in [0.1, 0.15) is 0 Å². The van der Waals surface area contributed by atoms with Crippen LogP contribution in [0, 0.1) is 5.92 Å². The number of hydrogen-bond acceptors (Lipinski definition) is 3. The van der Waals surface area contributed by atoms with Crippen LogP contribution in [0.3, 0.4) is 0 Å². The number of likely N-dealkylation sites (tertiary alicyclic amines) is 1. The molecule has 0 spiro atoms. The molecule has 3 heterocycles. The first kappa shape index (κ1) is 22.3. The zero-order chi connectivity index (χ0) is 24.0. The van der Waals surface area contributed by atoms with E-state index >= 15 is 0 Å². The molecule has 5 nitrogen and oxygen atoms in total. The first-order valence-electron chi connectivity index (χ1n) is 12.4. The number of fused-ring (bicyclic) bond motifs is 2. The van der Waals surface area contributed by atoms with Crippen molar-refractivity contribution >= 4 is 23.0 Å². The lowest BCUT2D eigenvalue weighted by atomic mass is 9.66. The molecular weight excluding hydrogens is 458 g/mol. The molecule has 0 bridgehead atoms. The molecule has 0 radical (unpaired) electrons. The summed E-state index contributed by atoms with van der Waals surface area (Å²) in [5.41, 5.74) is 2.54. The molecule has 2 fully saturated rings. The van der Waals surface area contributed by atoms with Crippen molar-refractivity contribution in [1.82, 2.24) is 14.3 Å². The Morgan fingerprint density at radius 2 is 1.80 bits per heavy atom. The standard InChI is InChI=1S/C29H28ClN3O2/c30-22-12-8-9-20(19-22)26-25-15-6-7-17-32(25)27(31-26)28(34)33-18-16-29(35,21-10-2-1-3-11-21)23-13-4-5-14-24(23)33/h1-3,6-12,15,17,19,23-24,35H,4-5,13-14,16,18H2/t23-,24?,29-/m1/s1. The summed E-state index contributed by atoms with van der Waals surface area (Å²) < 4.78 is 1.88. The van der Waals surface area contributed by atoms with Crippen LogP contribution < -0.4 is 0 Å². The van der Waals surface area contributed by atoms with Gasteiger partial charge in [-0.15, -0.1) is 0 Å². The van der Waals surface area contributed by atoms with E-state index in [1.54, 1.807) is 0 Å². The molecule has 6 heteroatoms. The van der Waals surface area contributed by atoms with Crippen molar-refractivity contribution in [2.24, 2.45) is 5.92 Å². The quantitative estimate of drug-likeness (QED) is 0.390. The van der Waals surface area contributed by atoms with Crippen LogP contribution in [0.4, 0.5) is 0 Å². The molecule has 6 rings (SSSR count). The summed E-state index contributed by atoms with van der Waals surface area (Å²) in [7, 11) is 0. The number of piperidine rings is 1. The fraction of sp³-hybridized carbons (Fsp3) is 0.310. The first-order valence-corrected chi connectivity index (χ1v) is 12.8. The molecule has 1 amide bonds. The Hall–Kier alpha value is -3.15.